The summed E-state index contributed by atoms with van der Waals surface area (Å²) in [6.07, 6.45) is 1.66. The number of benzene rings is 1. The minimum atomic E-state index is -0.331. The first-order valence-electron chi connectivity index (χ1n) is 8.85. The molecule has 1 unspecified atom stereocenters. The van der Waals surface area contributed by atoms with Crippen LogP contribution in [0.1, 0.15) is 40.5 Å². The highest BCUT2D eigenvalue weighted by atomic mass is 19.1. The van der Waals surface area contributed by atoms with Gasteiger partial charge in [0, 0.05) is 32.2 Å². The third-order valence-corrected chi connectivity index (χ3v) is 3.89. The first-order valence-corrected chi connectivity index (χ1v) is 8.85. The zero-order valence-corrected chi connectivity index (χ0v) is 15.6. The maximum Gasteiger partial charge on any atom is 0.321 e. The molecular formula is C19H30FN3O2. The molecule has 0 saturated heterocycles. The topological polar surface area (TPSA) is 61.4 Å². The molecule has 2 N–H and O–H groups in total. The SMILES string of the molecule is CC(=O)NCCC(C)CN(C(=O)NCCC(C)C)c1ccc(F)cc1. The second kappa shape index (κ2) is 10.7. The summed E-state index contributed by atoms with van der Waals surface area (Å²) in [6, 6.07) is 5.74. The first-order chi connectivity index (χ1) is 11.8. The number of nitrogens with one attached hydrogen (secondary N) is 2. The Morgan fingerprint density at radius 1 is 1.04 bits per heavy atom. The Balaban J connectivity index is 2.71. The predicted molar refractivity (Wildman–Crippen MR) is 99.1 cm³/mol. The highest BCUT2D eigenvalue weighted by Gasteiger charge is 2.18. The summed E-state index contributed by atoms with van der Waals surface area (Å²) in [6.45, 7) is 9.40. The van der Waals surface area contributed by atoms with Crippen molar-refractivity contribution in [1.29, 1.82) is 0 Å². The van der Waals surface area contributed by atoms with Crippen LogP contribution in [0.15, 0.2) is 24.3 Å². The van der Waals surface area contributed by atoms with Crippen LogP contribution in [0, 0.1) is 17.7 Å². The lowest BCUT2D eigenvalue weighted by atomic mass is 10.1. The molecule has 3 amide bonds. The molecular weight excluding hydrogens is 321 g/mol. The van der Waals surface area contributed by atoms with Crippen LogP contribution < -0.4 is 15.5 Å². The van der Waals surface area contributed by atoms with Crippen LogP contribution in [0.4, 0.5) is 14.9 Å². The van der Waals surface area contributed by atoms with E-state index in [0.29, 0.717) is 31.2 Å². The van der Waals surface area contributed by atoms with E-state index in [1.165, 1.54) is 19.1 Å². The lowest BCUT2D eigenvalue weighted by Gasteiger charge is -2.26. The third kappa shape index (κ3) is 8.52. The third-order valence-electron chi connectivity index (χ3n) is 3.89. The summed E-state index contributed by atoms with van der Waals surface area (Å²) >= 11 is 0. The number of halogens is 1. The molecule has 1 atom stereocenters. The quantitative estimate of drug-likeness (QED) is 0.715. The molecule has 140 valence electrons. The van der Waals surface area contributed by atoms with Gasteiger partial charge in [-0.05, 0) is 48.9 Å². The van der Waals surface area contributed by atoms with Crippen molar-refractivity contribution in [3.63, 3.8) is 0 Å². The molecule has 0 aliphatic carbocycles. The summed E-state index contributed by atoms with van der Waals surface area (Å²) in [5, 5.41) is 5.70. The van der Waals surface area contributed by atoms with E-state index in [1.54, 1.807) is 17.0 Å². The second-order valence-corrected chi connectivity index (χ2v) is 6.88. The van der Waals surface area contributed by atoms with Gasteiger partial charge >= 0.3 is 6.03 Å². The van der Waals surface area contributed by atoms with Crippen LogP contribution in [0.2, 0.25) is 0 Å². The van der Waals surface area contributed by atoms with Crippen molar-refractivity contribution in [2.45, 2.75) is 40.5 Å². The van der Waals surface area contributed by atoms with Gasteiger partial charge in [0.05, 0.1) is 0 Å². The number of hydrogen-bond acceptors (Lipinski definition) is 2. The van der Waals surface area contributed by atoms with E-state index in [2.05, 4.69) is 24.5 Å². The Morgan fingerprint density at radius 2 is 1.64 bits per heavy atom. The number of urea groups is 1. The molecule has 1 aromatic rings. The lowest BCUT2D eigenvalue weighted by Crippen LogP contribution is -2.43. The van der Waals surface area contributed by atoms with Gasteiger partial charge in [-0.2, -0.15) is 0 Å². The van der Waals surface area contributed by atoms with Crippen molar-refractivity contribution in [3.8, 4) is 0 Å². The highest BCUT2D eigenvalue weighted by Crippen LogP contribution is 2.18. The number of rotatable bonds is 9. The minimum Gasteiger partial charge on any atom is -0.356 e. The van der Waals surface area contributed by atoms with E-state index in [9.17, 15) is 14.0 Å². The summed E-state index contributed by atoms with van der Waals surface area (Å²) in [5.74, 6) is 0.306. The fourth-order valence-corrected chi connectivity index (χ4v) is 2.39. The van der Waals surface area contributed by atoms with E-state index in [0.717, 1.165) is 12.8 Å². The van der Waals surface area contributed by atoms with Crippen molar-refractivity contribution < 1.29 is 14.0 Å². The standard InChI is InChI=1S/C19H30FN3O2/c1-14(2)9-11-22-19(25)23(18-7-5-17(20)6-8-18)13-15(3)10-12-21-16(4)24/h5-8,14-15H,9-13H2,1-4H3,(H,21,24)(H,22,25). The van der Waals surface area contributed by atoms with Crippen LogP contribution in [0.5, 0.6) is 0 Å². The molecule has 1 rings (SSSR count). The normalized spacial score (nSPS) is 11.9. The largest absolute Gasteiger partial charge is 0.356 e. The van der Waals surface area contributed by atoms with E-state index in [-0.39, 0.29) is 23.7 Å². The average Bonchev–Trinajstić information content (AvgIpc) is 2.52. The maximum absolute atomic E-state index is 13.2. The molecule has 0 bridgehead atoms. The van der Waals surface area contributed by atoms with Crippen LogP contribution in [-0.4, -0.2) is 31.6 Å². The fraction of sp³-hybridized carbons (Fsp3) is 0.579. The van der Waals surface area contributed by atoms with E-state index < -0.39 is 0 Å². The van der Waals surface area contributed by atoms with Crippen molar-refractivity contribution in [1.82, 2.24) is 10.6 Å². The molecule has 0 spiro atoms. The fourth-order valence-electron chi connectivity index (χ4n) is 2.39. The molecule has 0 aliphatic rings. The van der Waals surface area contributed by atoms with Gasteiger partial charge in [0.1, 0.15) is 5.82 Å². The first kappa shape index (κ1) is 20.9. The minimum absolute atomic E-state index is 0.0611. The lowest BCUT2D eigenvalue weighted by molar-refractivity contribution is -0.118. The Hall–Kier alpha value is -2.11. The van der Waals surface area contributed by atoms with Crippen LogP contribution in [0.3, 0.4) is 0 Å². The maximum atomic E-state index is 13.2. The van der Waals surface area contributed by atoms with Crippen molar-refractivity contribution in [2.24, 2.45) is 11.8 Å². The zero-order valence-electron chi connectivity index (χ0n) is 15.6. The van der Waals surface area contributed by atoms with E-state index in [1.807, 2.05) is 6.92 Å². The summed E-state index contributed by atoms with van der Waals surface area (Å²) in [5.41, 5.74) is 0.662. The average molecular weight is 351 g/mol. The molecule has 0 aromatic heterocycles. The van der Waals surface area contributed by atoms with Gasteiger partial charge in [-0.3, -0.25) is 9.69 Å². The molecule has 1 aromatic carbocycles. The van der Waals surface area contributed by atoms with Gasteiger partial charge in [-0.1, -0.05) is 20.8 Å². The Kier molecular flexibility index (Phi) is 8.95. The summed E-state index contributed by atoms with van der Waals surface area (Å²) in [7, 11) is 0. The van der Waals surface area contributed by atoms with Gasteiger partial charge in [0.2, 0.25) is 5.91 Å². The molecule has 0 heterocycles. The van der Waals surface area contributed by atoms with Gasteiger partial charge in [-0.25, -0.2) is 9.18 Å². The Labute approximate surface area is 150 Å². The molecule has 0 radical (unpaired) electrons. The van der Waals surface area contributed by atoms with E-state index in [4.69, 9.17) is 0 Å². The molecule has 25 heavy (non-hydrogen) atoms. The number of hydrogen-bond donors (Lipinski definition) is 2. The van der Waals surface area contributed by atoms with Crippen LogP contribution >= 0.6 is 0 Å². The second-order valence-electron chi connectivity index (χ2n) is 6.88. The van der Waals surface area contributed by atoms with Crippen molar-refractivity contribution in [2.75, 3.05) is 24.5 Å². The van der Waals surface area contributed by atoms with Gasteiger partial charge < -0.3 is 10.6 Å². The Bertz CT molecular complexity index is 546. The predicted octanol–water partition coefficient (Wildman–Crippen LogP) is 3.55. The molecule has 5 nitrogen and oxygen atoms in total. The zero-order chi connectivity index (χ0) is 18.8. The number of nitrogens with zero attached hydrogens (tertiary/aromatic N) is 1. The van der Waals surface area contributed by atoms with Crippen molar-refractivity contribution in [3.05, 3.63) is 30.1 Å². The van der Waals surface area contributed by atoms with Crippen LogP contribution in [0.25, 0.3) is 0 Å². The van der Waals surface area contributed by atoms with Crippen LogP contribution in [-0.2, 0) is 4.79 Å². The summed E-state index contributed by atoms with van der Waals surface area (Å²) < 4.78 is 13.2. The number of carbonyl (C=O) groups is 2. The van der Waals surface area contributed by atoms with E-state index >= 15 is 0 Å². The molecule has 0 saturated carbocycles. The molecule has 0 aliphatic heterocycles. The summed E-state index contributed by atoms with van der Waals surface area (Å²) in [4.78, 5) is 25.2. The monoisotopic (exact) mass is 351 g/mol. The van der Waals surface area contributed by atoms with Crippen molar-refractivity contribution >= 4 is 17.6 Å². The van der Waals surface area contributed by atoms with Gasteiger partial charge in [0.15, 0.2) is 0 Å². The molecule has 0 fully saturated rings. The smallest absolute Gasteiger partial charge is 0.321 e. The number of carbonyl (C=O) groups excluding carboxylic acids is 2. The van der Waals surface area contributed by atoms with Gasteiger partial charge in [0.25, 0.3) is 0 Å². The highest BCUT2D eigenvalue weighted by molar-refractivity contribution is 5.91. The Morgan fingerprint density at radius 3 is 2.20 bits per heavy atom. The number of anilines is 1. The van der Waals surface area contributed by atoms with Gasteiger partial charge in [-0.15, -0.1) is 0 Å². The number of amides is 3. The molecule has 6 heteroatoms.